The SMILES string of the molecule is CCn1c(CO)nn(-c2nc(O[C@@H](C)C(F)(F)F)c(C(=O)Nc3cc(C#N)ccc3Cl)cc2F)c1=O. The Bertz CT molecular complexity index is 1410. The van der Waals surface area contributed by atoms with E-state index in [-0.39, 0.29) is 28.6 Å². The molecular weight excluding hydrogens is 512 g/mol. The molecule has 15 heteroatoms. The van der Waals surface area contributed by atoms with Gasteiger partial charge < -0.3 is 15.2 Å². The van der Waals surface area contributed by atoms with E-state index in [1.807, 2.05) is 6.07 Å². The zero-order chi connectivity index (χ0) is 26.8. The van der Waals surface area contributed by atoms with Crippen LogP contribution in [0.5, 0.6) is 5.88 Å². The van der Waals surface area contributed by atoms with Gasteiger partial charge in [0.1, 0.15) is 12.2 Å². The van der Waals surface area contributed by atoms with Gasteiger partial charge in [0.25, 0.3) is 5.91 Å². The maximum absolute atomic E-state index is 15.1. The van der Waals surface area contributed by atoms with Crippen LogP contribution in [-0.2, 0) is 13.2 Å². The summed E-state index contributed by atoms with van der Waals surface area (Å²) in [5.74, 6) is -4.41. The molecule has 0 aliphatic heterocycles. The first-order chi connectivity index (χ1) is 16.9. The molecule has 1 atom stereocenters. The third-order valence-corrected chi connectivity index (χ3v) is 5.19. The van der Waals surface area contributed by atoms with Gasteiger partial charge in [0.2, 0.25) is 5.88 Å². The molecule has 36 heavy (non-hydrogen) atoms. The minimum atomic E-state index is -4.88. The molecular formula is C21H17ClF4N6O4. The summed E-state index contributed by atoms with van der Waals surface area (Å²) in [6.07, 6.45) is -7.35. The van der Waals surface area contributed by atoms with Crippen molar-refractivity contribution in [1.29, 1.82) is 5.26 Å². The van der Waals surface area contributed by atoms with Gasteiger partial charge in [0.15, 0.2) is 23.6 Å². The van der Waals surface area contributed by atoms with Crippen LogP contribution in [0.2, 0.25) is 5.02 Å². The lowest BCUT2D eigenvalue weighted by Gasteiger charge is -2.19. The van der Waals surface area contributed by atoms with Crippen molar-refractivity contribution in [3.8, 4) is 17.8 Å². The highest BCUT2D eigenvalue weighted by Gasteiger charge is 2.39. The van der Waals surface area contributed by atoms with E-state index >= 15 is 4.39 Å². The number of rotatable bonds is 7. The van der Waals surface area contributed by atoms with Crippen LogP contribution >= 0.6 is 11.6 Å². The van der Waals surface area contributed by atoms with Crippen molar-refractivity contribution in [2.75, 3.05) is 5.32 Å². The number of hydrogen-bond acceptors (Lipinski definition) is 7. The quantitative estimate of drug-likeness (QED) is 0.450. The molecule has 0 saturated carbocycles. The van der Waals surface area contributed by atoms with Gasteiger partial charge in [-0.05, 0) is 38.1 Å². The second-order valence-corrected chi connectivity index (χ2v) is 7.63. The maximum Gasteiger partial charge on any atom is 0.425 e. The Labute approximate surface area is 205 Å². The summed E-state index contributed by atoms with van der Waals surface area (Å²) in [4.78, 5) is 29.1. The zero-order valence-corrected chi connectivity index (χ0v) is 19.4. The van der Waals surface area contributed by atoms with Crippen molar-refractivity contribution in [3.63, 3.8) is 0 Å². The lowest BCUT2D eigenvalue weighted by Crippen LogP contribution is -2.33. The fraction of sp³-hybridized carbons (Fsp3) is 0.286. The number of pyridine rings is 1. The first-order valence-corrected chi connectivity index (χ1v) is 10.5. The van der Waals surface area contributed by atoms with Gasteiger partial charge in [-0.3, -0.25) is 9.36 Å². The topological polar surface area (TPSA) is 135 Å². The molecule has 2 N–H and O–H groups in total. The maximum atomic E-state index is 15.1. The van der Waals surface area contributed by atoms with Crippen LogP contribution in [0.15, 0.2) is 29.1 Å². The average Bonchev–Trinajstić information content (AvgIpc) is 3.15. The molecule has 3 rings (SSSR count). The molecule has 0 saturated heterocycles. The summed E-state index contributed by atoms with van der Waals surface area (Å²) in [6.45, 7) is 1.56. The summed E-state index contributed by atoms with van der Waals surface area (Å²) >= 11 is 6.00. The van der Waals surface area contributed by atoms with E-state index in [0.29, 0.717) is 17.7 Å². The van der Waals surface area contributed by atoms with Gasteiger partial charge in [-0.15, -0.1) is 5.10 Å². The molecule has 0 fully saturated rings. The number of carbonyl (C=O) groups is 1. The van der Waals surface area contributed by atoms with Crippen LogP contribution < -0.4 is 15.7 Å². The van der Waals surface area contributed by atoms with Gasteiger partial charge in [-0.2, -0.15) is 28.1 Å². The zero-order valence-electron chi connectivity index (χ0n) is 18.6. The number of aromatic nitrogens is 4. The highest BCUT2D eigenvalue weighted by Crippen LogP contribution is 2.30. The number of nitriles is 1. The van der Waals surface area contributed by atoms with Gasteiger partial charge >= 0.3 is 11.9 Å². The number of aliphatic hydroxyl groups excluding tert-OH is 1. The number of nitrogens with one attached hydrogen (secondary N) is 1. The third kappa shape index (κ3) is 5.31. The monoisotopic (exact) mass is 528 g/mol. The molecule has 1 amide bonds. The van der Waals surface area contributed by atoms with Crippen LogP contribution in [0.1, 0.15) is 35.6 Å². The summed E-state index contributed by atoms with van der Waals surface area (Å²) in [6, 6.07) is 6.21. The molecule has 0 unspecified atom stereocenters. The van der Waals surface area contributed by atoms with Gasteiger partial charge in [0.05, 0.1) is 22.3 Å². The Morgan fingerprint density at radius 2 is 2.06 bits per heavy atom. The number of ether oxygens (including phenoxy) is 1. The first kappa shape index (κ1) is 26.6. The molecule has 2 heterocycles. The van der Waals surface area contributed by atoms with E-state index < -0.39 is 53.6 Å². The van der Waals surface area contributed by atoms with Crippen LogP contribution in [-0.4, -0.2) is 42.6 Å². The average molecular weight is 529 g/mol. The van der Waals surface area contributed by atoms with Crippen molar-refractivity contribution < 1.29 is 32.2 Å². The van der Waals surface area contributed by atoms with E-state index in [4.69, 9.17) is 21.6 Å². The number of halogens is 5. The summed E-state index contributed by atoms with van der Waals surface area (Å²) in [7, 11) is 0. The lowest BCUT2D eigenvalue weighted by atomic mass is 10.2. The smallest absolute Gasteiger partial charge is 0.425 e. The van der Waals surface area contributed by atoms with Crippen molar-refractivity contribution in [2.45, 2.75) is 39.3 Å². The van der Waals surface area contributed by atoms with Crippen LogP contribution in [0.4, 0.5) is 23.2 Å². The minimum Gasteiger partial charge on any atom is -0.464 e. The number of aliphatic hydroxyl groups is 1. The molecule has 0 spiro atoms. The summed E-state index contributed by atoms with van der Waals surface area (Å²) < 4.78 is 60.9. The molecule has 1 aromatic carbocycles. The fourth-order valence-electron chi connectivity index (χ4n) is 2.99. The third-order valence-electron chi connectivity index (χ3n) is 4.86. The first-order valence-electron chi connectivity index (χ1n) is 10.2. The Kier molecular flexibility index (Phi) is 7.65. The Morgan fingerprint density at radius 1 is 1.36 bits per heavy atom. The summed E-state index contributed by atoms with van der Waals surface area (Å²) in [5.41, 5.74) is -1.65. The van der Waals surface area contributed by atoms with Gasteiger partial charge in [-0.1, -0.05) is 11.6 Å². The normalized spacial score (nSPS) is 12.2. The molecule has 190 valence electrons. The van der Waals surface area contributed by atoms with Crippen LogP contribution in [0.25, 0.3) is 5.82 Å². The minimum absolute atomic E-state index is 0.00767. The van der Waals surface area contributed by atoms with E-state index in [9.17, 15) is 27.9 Å². The number of hydrogen-bond donors (Lipinski definition) is 2. The van der Waals surface area contributed by atoms with Crippen molar-refractivity contribution in [3.05, 3.63) is 62.5 Å². The molecule has 0 radical (unpaired) electrons. The Balaban J connectivity index is 2.15. The van der Waals surface area contributed by atoms with Gasteiger partial charge in [0, 0.05) is 6.54 Å². The number of anilines is 1. The van der Waals surface area contributed by atoms with Crippen molar-refractivity contribution in [1.82, 2.24) is 19.3 Å². The Morgan fingerprint density at radius 3 is 2.61 bits per heavy atom. The highest BCUT2D eigenvalue weighted by molar-refractivity contribution is 6.34. The van der Waals surface area contributed by atoms with Crippen LogP contribution in [0.3, 0.4) is 0 Å². The van der Waals surface area contributed by atoms with E-state index in [1.54, 1.807) is 6.92 Å². The van der Waals surface area contributed by atoms with E-state index in [1.165, 1.54) is 18.2 Å². The van der Waals surface area contributed by atoms with Gasteiger partial charge in [-0.25, -0.2) is 9.18 Å². The molecule has 2 aromatic heterocycles. The van der Waals surface area contributed by atoms with Crippen molar-refractivity contribution in [2.24, 2.45) is 0 Å². The number of amides is 1. The number of carbonyl (C=O) groups excluding carboxylic acids is 1. The predicted molar refractivity (Wildman–Crippen MR) is 117 cm³/mol. The number of alkyl halides is 3. The number of benzene rings is 1. The second-order valence-electron chi connectivity index (χ2n) is 7.22. The van der Waals surface area contributed by atoms with E-state index in [0.717, 1.165) is 4.57 Å². The fourth-order valence-corrected chi connectivity index (χ4v) is 3.15. The second kappa shape index (κ2) is 10.3. The molecule has 0 bridgehead atoms. The predicted octanol–water partition coefficient (Wildman–Crippen LogP) is 3.19. The van der Waals surface area contributed by atoms with Crippen molar-refractivity contribution >= 4 is 23.2 Å². The van der Waals surface area contributed by atoms with Crippen LogP contribution in [0, 0.1) is 17.1 Å². The molecule has 0 aliphatic rings. The molecule has 0 aliphatic carbocycles. The largest absolute Gasteiger partial charge is 0.464 e. The summed E-state index contributed by atoms with van der Waals surface area (Å²) in [5, 5.41) is 24.5. The highest BCUT2D eigenvalue weighted by atomic mass is 35.5. The molecule has 10 nitrogen and oxygen atoms in total. The van der Waals surface area contributed by atoms with E-state index in [2.05, 4.69) is 15.4 Å². The lowest BCUT2D eigenvalue weighted by molar-refractivity contribution is -0.190. The standard InChI is InChI=1S/C21H17ClF4N6O4/c1-3-31-16(9-33)30-32(20(31)35)17-14(23)7-12(19(29-17)36-10(2)21(24,25)26)18(34)28-15-6-11(8-27)4-5-13(15)22/h4-7,10,33H,3,9H2,1-2H3,(H,28,34)/t10-/m0/s1. The Hall–Kier alpha value is -3.96. The molecule has 3 aromatic rings. The number of nitrogens with zero attached hydrogens (tertiary/aromatic N) is 5.